The lowest BCUT2D eigenvalue weighted by Crippen LogP contribution is -2.19. The first-order valence-electron chi connectivity index (χ1n) is 6.39. The van der Waals surface area contributed by atoms with E-state index in [1.54, 1.807) is 0 Å². The lowest BCUT2D eigenvalue weighted by Gasteiger charge is -2.16. The van der Waals surface area contributed by atoms with E-state index >= 15 is 0 Å². The Morgan fingerprint density at radius 3 is 2.50 bits per heavy atom. The first-order chi connectivity index (χ1) is 9.15. The zero-order valence-corrected chi connectivity index (χ0v) is 12.4. The maximum Gasteiger partial charge on any atom is 0.135 e. The van der Waals surface area contributed by atoms with Crippen molar-refractivity contribution < 1.29 is 9.52 Å². The molecule has 106 valence electrons. The number of rotatable bonds is 3. The molecule has 0 amide bonds. The summed E-state index contributed by atoms with van der Waals surface area (Å²) in [6.45, 7) is 0.612. The van der Waals surface area contributed by atoms with Crippen LogP contribution in [0.2, 0.25) is 0 Å². The lowest BCUT2D eigenvalue weighted by atomic mass is 10.1. The molecule has 3 rings (SSSR count). The van der Waals surface area contributed by atoms with E-state index in [1.165, 1.54) is 0 Å². The lowest BCUT2D eigenvalue weighted by molar-refractivity contribution is 0.138. The Hall–Kier alpha value is -1.55. The van der Waals surface area contributed by atoms with Gasteiger partial charge in [-0.3, -0.25) is 0 Å². The van der Waals surface area contributed by atoms with Crippen LogP contribution in [0.1, 0.15) is 11.7 Å². The molecule has 20 heavy (non-hydrogen) atoms. The molecule has 0 aliphatic carbocycles. The van der Waals surface area contributed by atoms with Crippen molar-refractivity contribution in [2.24, 2.45) is 0 Å². The molecule has 0 fully saturated rings. The van der Waals surface area contributed by atoms with Crippen molar-refractivity contribution in [1.82, 2.24) is 4.90 Å². The quantitative estimate of drug-likeness (QED) is 0.801. The molecule has 0 aliphatic rings. The summed E-state index contributed by atoms with van der Waals surface area (Å²) in [5.74, 6) is 0. The number of aliphatic hydroxyl groups excluding tert-OH is 1. The van der Waals surface area contributed by atoms with E-state index < -0.39 is 6.10 Å². The number of aliphatic hydroxyl groups is 1. The molecule has 0 saturated heterocycles. The van der Waals surface area contributed by atoms with E-state index in [0.29, 0.717) is 6.54 Å². The Morgan fingerprint density at radius 1 is 1.05 bits per heavy atom. The molecule has 1 unspecified atom stereocenters. The second-order valence-corrected chi connectivity index (χ2v) is 5.13. The fourth-order valence-electron chi connectivity index (χ4n) is 2.40. The molecule has 0 saturated carbocycles. The van der Waals surface area contributed by atoms with Crippen LogP contribution in [0, 0.1) is 0 Å². The fraction of sp³-hybridized carbons (Fsp3) is 0.250. The second-order valence-electron chi connectivity index (χ2n) is 5.13. The summed E-state index contributed by atoms with van der Waals surface area (Å²) in [4.78, 5) is 1.97. The van der Waals surface area contributed by atoms with Crippen molar-refractivity contribution in [2.45, 2.75) is 6.10 Å². The Kier molecular flexibility index (Phi) is 4.33. The average Bonchev–Trinajstić information content (AvgIpc) is 2.75. The zero-order chi connectivity index (χ0) is 13.4. The number of fused-ring (bicyclic) bond motifs is 3. The van der Waals surface area contributed by atoms with Crippen molar-refractivity contribution in [2.75, 3.05) is 20.6 Å². The maximum absolute atomic E-state index is 10.2. The molecule has 1 N–H and O–H groups in total. The van der Waals surface area contributed by atoms with E-state index in [1.807, 2.05) is 61.5 Å². The van der Waals surface area contributed by atoms with E-state index in [9.17, 15) is 5.11 Å². The maximum atomic E-state index is 10.2. The van der Waals surface area contributed by atoms with Gasteiger partial charge in [0.05, 0.1) is 6.10 Å². The smallest absolute Gasteiger partial charge is 0.135 e. The summed E-state index contributed by atoms with van der Waals surface area (Å²) in [5.41, 5.74) is 2.67. The number of benzene rings is 2. The van der Waals surface area contributed by atoms with Crippen molar-refractivity contribution in [3.63, 3.8) is 0 Å². The minimum absolute atomic E-state index is 0. The van der Waals surface area contributed by atoms with Gasteiger partial charge in [0.25, 0.3) is 0 Å². The van der Waals surface area contributed by atoms with Gasteiger partial charge in [0.1, 0.15) is 11.2 Å². The molecule has 0 spiro atoms. The molecule has 1 heterocycles. The predicted octanol–water partition coefficient (Wildman–Crippen LogP) is 3.60. The van der Waals surface area contributed by atoms with Gasteiger partial charge in [-0.1, -0.05) is 24.3 Å². The molecule has 2 aromatic carbocycles. The molecule has 1 atom stereocenters. The minimum atomic E-state index is -0.479. The summed E-state index contributed by atoms with van der Waals surface area (Å²) in [6.07, 6.45) is -0.479. The van der Waals surface area contributed by atoms with Crippen LogP contribution in [0.3, 0.4) is 0 Å². The summed E-state index contributed by atoms with van der Waals surface area (Å²) in [7, 11) is 3.91. The summed E-state index contributed by atoms with van der Waals surface area (Å²) in [6, 6.07) is 13.9. The Labute approximate surface area is 124 Å². The fourth-order valence-corrected chi connectivity index (χ4v) is 2.40. The molecule has 3 nitrogen and oxygen atoms in total. The normalized spacial score (nSPS) is 12.8. The van der Waals surface area contributed by atoms with Gasteiger partial charge in [-0.25, -0.2) is 0 Å². The first kappa shape index (κ1) is 14.9. The largest absolute Gasteiger partial charge is 0.456 e. The van der Waals surface area contributed by atoms with Gasteiger partial charge in [-0.15, -0.1) is 12.4 Å². The highest BCUT2D eigenvalue weighted by Gasteiger charge is 2.12. The van der Waals surface area contributed by atoms with Gasteiger partial charge in [-0.2, -0.15) is 0 Å². The van der Waals surface area contributed by atoms with Crippen molar-refractivity contribution >= 4 is 34.3 Å². The third-order valence-electron chi connectivity index (χ3n) is 3.32. The summed E-state index contributed by atoms with van der Waals surface area (Å²) >= 11 is 0. The number of para-hydroxylation sites is 1. The SMILES string of the molecule is CN(C)CC(O)c1ccc2oc3ccccc3c2c1.Cl. The van der Waals surface area contributed by atoms with Gasteiger partial charge in [0.2, 0.25) is 0 Å². The van der Waals surface area contributed by atoms with Crippen LogP contribution in [0.25, 0.3) is 21.9 Å². The first-order valence-corrected chi connectivity index (χ1v) is 6.39. The Balaban J connectivity index is 0.00000147. The minimum Gasteiger partial charge on any atom is -0.456 e. The molecule has 3 aromatic rings. The van der Waals surface area contributed by atoms with E-state index in [2.05, 4.69) is 0 Å². The zero-order valence-electron chi connectivity index (χ0n) is 11.5. The number of hydrogen-bond acceptors (Lipinski definition) is 3. The second kappa shape index (κ2) is 5.83. The van der Waals surface area contributed by atoms with Crippen molar-refractivity contribution in [3.8, 4) is 0 Å². The van der Waals surface area contributed by atoms with Gasteiger partial charge in [-0.05, 0) is 37.9 Å². The van der Waals surface area contributed by atoms with Crippen LogP contribution in [0.5, 0.6) is 0 Å². The van der Waals surface area contributed by atoms with Crippen LogP contribution in [-0.4, -0.2) is 30.6 Å². The summed E-state index contributed by atoms with van der Waals surface area (Å²) in [5, 5.41) is 12.3. The van der Waals surface area contributed by atoms with Crippen LogP contribution in [0.15, 0.2) is 46.9 Å². The van der Waals surface area contributed by atoms with Crippen LogP contribution in [-0.2, 0) is 0 Å². The molecule has 4 heteroatoms. The monoisotopic (exact) mass is 291 g/mol. The molecule has 1 aromatic heterocycles. The number of hydrogen-bond donors (Lipinski definition) is 1. The van der Waals surface area contributed by atoms with Crippen molar-refractivity contribution in [1.29, 1.82) is 0 Å². The van der Waals surface area contributed by atoms with Gasteiger partial charge in [0.15, 0.2) is 0 Å². The van der Waals surface area contributed by atoms with Crippen LogP contribution < -0.4 is 0 Å². The highest BCUT2D eigenvalue weighted by Crippen LogP contribution is 2.30. The topological polar surface area (TPSA) is 36.6 Å². The summed E-state index contributed by atoms with van der Waals surface area (Å²) < 4.78 is 5.78. The van der Waals surface area contributed by atoms with Crippen molar-refractivity contribution in [3.05, 3.63) is 48.0 Å². The third-order valence-corrected chi connectivity index (χ3v) is 3.32. The highest BCUT2D eigenvalue weighted by atomic mass is 35.5. The number of likely N-dealkylation sites (N-methyl/N-ethyl adjacent to an activating group) is 1. The Bertz CT molecular complexity index is 721. The number of nitrogens with zero attached hydrogens (tertiary/aromatic N) is 1. The standard InChI is InChI=1S/C16H17NO2.ClH/c1-17(2)10-14(18)11-7-8-16-13(9-11)12-5-3-4-6-15(12)19-16;/h3-9,14,18H,10H2,1-2H3;1H. The van der Waals surface area contributed by atoms with Gasteiger partial charge >= 0.3 is 0 Å². The number of halogens is 1. The molecule has 0 aliphatic heterocycles. The Morgan fingerprint density at radius 2 is 1.75 bits per heavy atom. The van der Waals surface area contributed by atoms with Crippen LogP contribution >= 0.6 is 12.4 Å². The average molecular weight is 292 g/mol. The molecular weight excluding hydrogens is 274 g/mol. The van der Waals surface area contributed by atoms with E-state index in [-0.39, 0.29) is 12.4 Å². The molecule has 0 bridgehead atoms. The van der Waals surface area contributed by atoms with Gasteiger partial charge in [0, 0.05) is 17.3 Å². The van der Waals surface area contributed by atoms with Gasteiger partial charge < -0.3 is 14.4 Å². The van der Waals surface area contributed by atoms with Crippen LogP contribution in [0.4, 0.5) is 0 Å². The molecular formula is C16H18ClNO2. The predicted molar refractivity (Wildman–Crippen MR) is 84.5 cm³/mol. The third kappa shape index (κ3) is 2.66. The highest BCUT2D eigenvalue weighted by molar-refractivity contribution is 6.04. The number of furan rings is 1. The van der Waals surface area contributed by atoms with E-state index in [0.717, 1.165) is 27.5 Å². The van der Waals surface area contributed by atoms with E-state index in [4.69, 9.17) is 4.42 Å². The molecule has 0 radical (unpaired) electrons.